The summed E-state index contributed by atoms with van der Waals surface area (Å²) in [6.45, 7) is 0. The second-order valence-corrected chi connectivity index (χ2v) is 7.65. The van der Waals surface area contributed by atoms with Crippen LogP contribution in [0.5, 0.6) is 0 Å². The molecule has 0 aliphatic carbocycles. The smallest absolute Gasteiger partial charge is 0.261 e. The molecule has 0 atom stereocenters. The average Bonchev–Trinajstić information content (AvgIpc) is 2.65. The zero-order chi connectivity index (χ0) is 19.3. The minimum Gasteiger partial charge on any atom is -0.332 e. The van der Waals surface area contributed by atoms with E-state index in [0.717, 1.165) is 5.69 Å². The van der Waals surface area contributed by atoms with E-state index in [1.165, 1.54) is 30.3 Å². The Bertz CT molecular complexity index is 1040. The number of thiocarbonyl (C=S) groups is 1. The Morgan fingerprint density at radius 3 is 1.96 bits per heavy atom. The minimum absolute atomic E-state index is 0.0123. The van der Waals surface area contributed by atoms with Crippen LogP contribution in [0.25, 0.3) is 0 Å². The molecule has 0 saturated heterocycles. The Morgan fingerprint density at radius 2 is 1.33 bits per heavy atom. The highest BCUT2D eigenvalue weighted by Crippen LogP contribution is 2.20. The minimum atomic E-state index is -3.90. The monoisotopic (exact) mass is 401 g/mol. The van der Waals surface area contributed by atoms with Gasteiger partial charge in [0.1, 0.15) is 5.82 Å². The highest BCUT2D eigenvalue weighted by atomic mass is 32.2. The Morgan fingerprint density at radius 1 is 0.778 bits per heavy atom. The Labute approximate surface area is 162 Å². The molecule has 3 aromatic carbocycles. The van der Waals surface area contributed by atoms with Gasteiger partial charge >= 0.3 is 0 Å². The van der Waals surface area contributed by atoms with Gasteiger partial charge in [0.15, 0.2) is 5.11 Å². The van der Waals surface area contributed by atoms with Gasteiger partial charge in [0.05, 0.1) is 10.6 Å². The molecule has 27 heavy (non-hydrogen) atoms. The van der Waals surface area contributed by atoms with E-state index in [2.05, 4.69) is 15.4 Å². The van der Waals surface area contributed by atoms with Gasteiger partial charge in [0.25, 0.3) is 10.0 Å². The summed E-state index contributed by atoms with van der Waals surface area (Å²) in [6.07, 6.45) is 0. The van der Waals surface area contributed by atoms with E-state index in [0.29, 0.717) is 10.8 Å². The number of hydrogen-bond donors (Lipinski definition) is 3. The van der Waals surface area contributed by atoms with Gasteiger partial charge in [-0.3, -0.25) is 4.72 Å². The quantitative estimate of drug-likeness (QED) is 0.552. The molecule has 8 heteroatoms. The first-order valence-corrected chi connectivity index (χ1v) is 9.84. The lowest BCUT2D eigenvalue weighted by Crippen LogP contribution is -2.19. The van der Waals surface area contributed by atoms with Crippen LogP contribution in [0.15, 0.2) is 83.8 Å². The number of anilines is 3. The number of benzene rings is 3. The van der Waals surface area contributed by atoms with Crippen molar-refractivity contribution in [3.63, 3.8) is 0 Å². The number of halogens is 1. The summed E-state index contributed by atoms with van der Waals surface area (Å²) in [5.74, 6) is -0.642. The lowest BCUT2D eigenvalue weighted by Gasteiger charge is -2.12. The SMILES string of the molecule is O=S(=O)(Nc1ccccc1F)c1ccc(NC(=S)Nc2ccccc2)cc1. The number of sulfonamides is 1. The lowest BCUT2D eigenvalue weighted by molar-refractivity contribution is 0.598. The third kappa shape index (κ3) is 5.02. The topological polar surface area (TPSA) is 70.2 Å². The molecule has 0 amide bonds. The van der Waals surface area contributed by atoms with Crippen molar-refractivity contribution in [2.24, 2.45) is 0 Å². The van der Waals surface area contributed by atoms with Crippen LogP contribution in [0.1, 0.15) is 0 Å². The maximum absolute atomic E-state index is 13.7. The molecular formula is C19H16FN3O2S2. The Hall–Kier alpha value is -2.97. The van der Waals surface area contributed by atoms with Crippen LogP contribution in [0.4, 0.5) is 21.5 Å². The molecule has 138 valence electrons. The normalized spacial score (nSPS) is 10.9. The molecule has 0 saturated carbocycles. The van der Waals surface area contributed by atoms with Crippen LogP contribution in [0.2, 0.25) is 0 Å². The summed E-state index contributed by atoms with van der Waals surface area (Å²) in [6, 6.07) is 21.0. The van der Waals surface area contributed by atoms with Crippen LogP contribution in [-0.4, -0.2) is 13.5 Å². The standard InChI is InChI=1S/C19H16FN3O2S2/c20-17-8-4-5-9-18(17)23-27(24,25)16-12-10-15(11-13-16)22-19(26)21-14-6-2-1-3-7-14/h1-13,23H,(H2,21,22,26). The molecular weight excluding hydrogens is 385 g/mol. The van der Waals surface area contributed by atoms with Gasteiger partial charge in [-0.1, -0.05) is 30.3 Å². The van der Waals surface area contributed by atoms with E-state index in [9.17, 15) is 12.8 Å². The van der Waals surface area contributed by atoms with Crippen LogP contribution in [0, 0.1) is 5.82 Å². The highest BCUT2D eigenvalue weighted by molar-refractivity contribution is 7.92. The molecule has 5 nitrogen and oxygen atoms in total. The van der Waals surface area contributed by atoms with Gasteiger partial charge in [-0.05, 0) is 60.7 Å². The van der Waals surface area contributed by atoms with Crippen LogP contribution < -0.4 is 15.4 Å². The van der Waals surface area contributed by atoms with Crippen molar-refractivity contribution in [3.05, 3.63) is 84.7 Å². The largest absolute Gasteiger partial charge is 0.332 e. The maximum Gasteiger partial charge on any atom is 0.261 e. The van der Waals surface area contributed by atoms with Crippen molar-refractivity contribution in [3.8, 4) is 0 Å². The fourth-order valence-electron chi connectivity index (χ4n) is 2.28. The van der Waals surface area contributed by atoms with Crippen LogP contribution >= 0.6 is 12.2 Å². The molecule has 0 spiro atoms. The number of para-hydroxylation sites is 2. The van der Waals surface area contributed by atoms with E-state index in [1.54, 1.807) is 18.2 Å². The van der Waals surface area contributed by atoms with Crippen molar-refractivity contribution in [1.82, 2.24) is 0 Å². The Kier molecular flexibility index (Phi) is 5.68. The van der Waals surface area contributed by atoms with Crippen molar-refractivity contribution in [2.75, 3.05) is 15.4 Å². The molecule has 0 unspecified atom stereocenters. The first kappa shape index (κ1) is 18.8. The first-order valence-electron chi connectivity index (χ1n) is 7.94. The van der Waals surface area contributed by atoms with Crippen molar-refractivity contribution in [1.29, 1.82) is 0 Å². The summed E-state index contributed by atoms with van der Waals surface area (Å²) in [5, 5.41) is 6.37. The lowest BCUT2D eigenvalue weighted by atomic mass is 10.3. The summed E-state index contributed by atoms with van der Waals surface area (Å²) >= 11 is 5.23. The van der Waals surface area contributed by atoms with E-state index in [4.69, 9.17) is 12.2 Å². The third-order valence-corrected chi connectivity index (χ3v) is 5.16. The predicted molar refractivity (Wildman–Crippen MR) is 110 cm³/mol. The highest BCUT2D eigenvalue weighted by Gasteiger charge is 2.16. The Balaban J connectivity index is 1.67. The molecule has 3 N–H and O–H groups in total. The van der Waals surface area contributed by atoms with Gasteiger partial charge in [-0.2, -0.15) is 0 Å². The van der Waals surface area contributed by atoms with E-state index < -0.39 is 15.8 Å². The zero-order valence-electron chi connectivity index (χ0n) is 14.0. The predicted octanol–water partition coefficient (Wildman–Crippen LogP) is 4.44. The zero-order valence-corrected chi connectivity index (χ0v) is 15.6. The molecule has 0 heterocycles. The summed E-state index contributed by atoms with van der Waals surface area (Å²) in [4.78, 5) is 0.0123. The van der Waals surface area contributed by atoms with E-state index in [-0.39, 0.29) is 10.6 Å². The number of hydrogen-bond acceptors (Lipinski definition) is 3. The second-order valence-electron chi connectivity index (χ2n) is 5.55. The maximum atomic E-state index is 13.7. The van der Waals surface area contributed by atoms with Crippen molar-refractivity contribution in [2.45, 2.75) is 4.90 Å². The fraction of sp³-hybridized carbons (Fsp3) is 0. The van der Waals surface area contributed by atoms with E-state index >= 15 is 0 Å². The van der Waals surface area contributed by atoms with Crippen molar-refractivity contribution < 1.29 is 12.8 Å². The second kappa shape index (κ2) is 8.15. The van der Waals surface area contributed by atoms with Crippen LogP contribution in [-0.2, 0) is 10.0 Å². The van der Waals surface area contributed by atoms with Gasteiger partial charge in [-0.25, -0.2) is 12.8 Å². The molecule has 3 aromatic rings. The molecule has 0 fully saturated rings. The molecule has 0 aromatic heterocycles. The molecule has 3 rings (SSSR count). The molecule has 0 aliphatic rings. The van der Waals surface area contributed by atoms with Gasteiger partial charge in [0, 0.05) is 11.4 Å². The molecule has 0 radical (unpaired) electrons. The summed E-state index contributed by atoms with van der Waals surface area (Å²) in [7, 11) is -3.90. The summed E-state index contributed by atoms with van der Waals surface area (Å²) in [5.41, 5.74) is 1.35. The summed E-state index contributed by atoms with van der Waals surface area (Å²) < 4.78 is 40.7. The number of rotatable bonds is 5. The third-order valence-electron chi connectivity index (χ3n) is 3.57. The van der Waals surface area contributed by atoms with E-state index in [1.807, 2.05) is 30.3 Å². The fourth-order valence-corrected chi connectivity index (χ4v) is 3.58. The van der Waals surface area contributed by atoms with Crippen LogP contribution in [0.3, 0.4) is 0 Å². The average molecular weight is 401 g/mol. The number of nitrogens with one attached hydrogen (secondary N) is 3. The first-order chi connectivity index (χ1) is 12.9. The van der Waals surface area contributed by atoms with Crippen molar-refractivity contribution >= 4 is 44.4 Å². The van der Waals surface area contributed by atoms with Gasteiger partial charge in [0.2, 0.25) is 0 Å². The molecule has 0 aliphatic heterocycles. The van der Waals surface area contributed by atoms with Gasteiger partial charge in [-0.15, -0.1) is 0 Å². The molecule has 0 bridgehead atoms. The van der Waals surface area contributed by atoms with Gasteiger partial charge < -0.3 is 10.6 Å².